The number of amides is 1. The topological polar surface area (TPSA) is 56.1 Å². The van der Waals surface area contributed by atoms with Gasteiger partial charge in [-0.15, -0.1) is 0 Å². The van der Waals surface area contributed by atoms with E-state index in [9.17, 15) is 18.0 Å². The molecule has 0 unspecified atom stereocenters. The van der Waals surface area contributed by atoms with Crippen LogP contribution in [0, 0.1) is 5.92 Å². The first-order chi connectivity index (χ1) is 11.4. The molecule has 1 amide bonds. The van der Waals surface area contributed by atoms with Crippen molar-refractivity contribution in [1.29, 1.82) is 0 Å². The van der Waals surface area contributed by atoms with Gasteiger partial charge in [0.05, 0.1) is 29.2 Å². The molecule has 0 radical (unpaired) electrons. The molecule has 0 bridgehead atoms. The van der Waals surface area contributed by atoms with E-state index in [-0.39, 0.29) is 24.5 Å². The summed E-state index contributed by atoms with van der Waals surface area (Å²) in [6, 6.07) is 3.39. The largest absolute Gasteiger partial charge is 0.416 e. The number of nitrogens with one attached hydrogen (secondary N) is 1. The van der Waals surface area contributed by atoms with Crippen LogP contribution in [0.5, 0.6) is 0 Å². The number of alkyl halides is 3. The Bertz CT molecular complexity index is 796. The molecule has 0 saturated heterocycles. The number of nitrogens with zero attached hydrogens (tertiary/aromatic N) is 2. The molecule has 1 aromatic heterocycles. The third kappa shape index (κ3) is 2.75. The van der Waals surface area contributed by atoms with Crippen molar-refractivity contribution in [2.75, 3.05) is 13.2 Å². The standard InChI is InChI=1S/C16H16F3N3O2/c17-16(18,19)10-3-4-13-12(5-10)21-14-8-24-7-11(22(13)14)6-20-15(23)9-1-2-9/h3-5,9,11H,1-2,6-8H2,(H,20,23)/t11-/m0/s1. The fourth-order valence-electron chi connectivity index (χ4n) is 3.05. The highest BCUT2D eigenvalue weighted by molar-refractivity contribution is 5.81. The molecule has 4 rings (SSSR count). The third-order valence-corrected chi connectivity index (χ3v) is 4.46. The summed E-state index contributed by atoms with van der Waals surface area (Å²) in [5, 5.41) is 2.90. The van der Waals surface area contributed by atoms with Gasteiger partial charge in [-0.05, 0) is 31.0 Å². The van der Waals surface area contributed by atoms with Crippen LogP contribution in [-0.4, -0.2) is 28.6 Å². The second-order valence-electron chi connectivity index (χ2n) is 6.29. The summed E-state index contributed by atoms with van der Waals surface area (Å²) in [5.41, 5.74) is 0.209. The fourth-order valence-corrected chi connectivity index (χ4v) is 3.05. The number of hydrogen-bond donors (Lipinski definition) is 1. The molecule has 8 heteroatoms. The number of aromatic nitrogens is 2. The van der Waals surface area contributed by atoms with E-state index >= 15 is 0 Å². The Hall–Kier alpha value is -2.09. The predicted octanol–water partition coefficient (Wildman–Crippen LogP) is 2.65. The molecule has 24 heavy (non-hydrogen) atoms. The van der Waals surface area contributed by atoms with Gasteiger partial charge in [0.15, 0.2) is 0 Å². The summed E-state index contributed by atoms with van der Waals surface area (Å²) in [7, 11) is 0. The van der Waals surface area contributed by atoms with E-state index in [0.717, 1.165) is 25.0 Å². The Labute approximate surface area is 135 Å². The van der Waals surface area contributed by atoms with Gasteiger partial charge in [-0.2, -0.15) is 13.2 Å². The number of hydrogen-bond acceptors (Lipinski definition) is 3. The van der Waals surface area contributed by atoms with Crippen molar-refractivity contribution >= 4 is 16.9 Å². The van der Waals surface area contributed by atoms with Crippen molar-refractivity contribution in [2.24, 2.45) is 5.92 Å². The Morgan fingerprint density at radius 3 is 2.88 bits per heavy atom. The summed E-state index contributed by atoms with van der Waals surface area (Å²) < 4.78 is 45.9. The van der Waals surface area contributed by atoms with Crippen LogP contribution in [0.4, 0.5) is 13.2 Å². The van der Waals surface area contributed by atoms with Crippen LogP contribution >= 0.6 is 0 Å². The molecular formula is C16H16F3N3O2. The maximum atomic E-state index is 12.9. The molecule has 128 valence electrons. The van der Waals surface area contributed by atoms with E-state index in [4.69, 9.17) is 4.74 Å². The van der Waals surface area contributed by atoms with Crippen LogP contribution in [0.25, 0.3) is 11.0 Å². The molecule has 1 aromatic carbocycles. The molecule has 1 N–H and O–H groups in total. The van der Waals surface area contributed by atoms with Gasteiger partial charge in [-0.1, -0.05) is 0 Å². The van der Waals surface area contributed by atoms with Gasteiger partial charge >= 0.3 is 6.18 Å². The predicted molar refractivity (Wildman–Crippen MR) is 79.2 cm³/mol. The SMILES string of the molecule is O=C(NC[C@H]1COCc2nc3cc(C(F)(F)F)ccc3n21)C1CC1. The highest BCUT2D eigenvalue weighted by Gasteiger charge is 2.33. The second-order valence-corrected chi connectivity index (χ2v) is 6.29. The van der Waals surface area contributed by atoms with E-state index in [2.05, 4.69) is 10.3 Å². The molecule has 2 aromatic rings. The zero-order chi connectivity index (χ0) is 16.9. The first-order valence-electron chi connectivity index (χ1n) is 7.87. The highest BCUT2D eigenvalue weighted by Crippen LogP contribution is 2.33. The minimum Gasteiger partial charge on any atom is -0.371 e. The Morgan fingerprint density at radius 1 is 1.38 bits per heavy atom. The number of carbonyl (C=O) groups is 1. The zero-order valence-electron chi connectivity index (χ0n) is 12.8. The summed E-state index contributed by atoms with van der Waals surface area (Å²) in [6.07, 6.45) is -2.55. The number of imidazole rings is 1. The quantitative estimate of drug-likeness (QED) is 0.935. The van der Waals surface area contributed by atoms with Gasteiger partial charge in [0, 0.05) is 12.5 Å². The molecule has 0 spiro atoms. The molecule has 2 heterocycles. The van der Waals surface area contributed by atoms with E-state index in [1.54, 1.807) is 0 Å². The maximum absolute atomic E-state index is 12.9. The lowest BCUT2D eigenvalue weighted by Gasteiger charge is -2.26. The Morgan fingerprint density at radius 2 is 2.17 bits per heavy atom. The fraction of sp³-hybridized carbons (Fsp3) is 0.500. The first-order valence-corrected chi connectivity index (χ1v) is 7.87. The number of benzene rings is 1. The van der Waals surface area contributed by atoms with E-state index < -0.39 is 11.7 Å². The van der Waals surface area contributed by atoms with Crippen LogP contribution in [0.3, 0.4) is 0 Å². The van der Waals surface area contributed by atoms with Crippen molar-refractivity contribution < 1.29 is 22.7 Å². The lowest BCUT2D eigenvalue weighted by Crippen LogP contribution is -2.36. The lowest BCUT2D eigenvalue weighted by atomic mass is 10.2. The van der Waals surface area contributed by atoms with Crippen molar-refractivity contribution in [3.05, 3.63) is 29.6 Å². The molecular weight excluding hydrogens is 323 g/mol. The van der Waals surface area contributed by atoms with Crippen LogP contribution < -0.4 is 5.32 Å². The van der Waals surface area contributed by atoms with Crippen molar-refractivity contribution in [3.63, 3.8) is 0 Å². The molecule has 1 atom stereocenters. The van der Waals surface area contributed by atoms with E-state index in [1.165, 1.54) is 6.07 Å². The van der Waals surface area contributed by atoms with Gasteiger partial charge in [-0.3, -0.25) is 4.79 Å². The van der Waals surface area contributed by atoms with Crippen molar-refractivity contribution in [2.45, 2.75) is 31.7 Å². The number of carbonyl (C=O) groups excluding carboxylic acids is 1. The summed E-state index contributed by atoms with van der Waals surface area (Å²) in [4.78, 5) is 16.1. The summed E-state index contributed by atoms with van der Waals surface area (Å²) >= 11 is 0. The second kappa shape index (κ2) is 5.47. The summed E-state index contributed by atoms with van der Waals surface area (Å²) in [5.74, 6) is 0.731. The van der Waals surface area contributed by atoms with E-state index in [1.807, 2.05) is 4.57 Å². The van der Waals surface area contributed by atoms with Gasteiger partial charge < -0.3 is 14.6 Å². The molecule has 1 aliphatic carbocycles. The normalized spacial score (nSPS) is 20.9. The van der Waals surface area contributed by atoms with Gasteiger partial charge in [0.25, 0.3) is 0 Å². The number of rotatable bonds is 3. The van der Waals surface area contributed by atoms with Gasteiger partial charge in [0.1, 0.15) is 12.4 Å². The van der Waals surface area contributed by atoms with Gasteiger partial charge in [-0.25, -0.2) is 4.98 Å². The smallest absolute Gasteiger partial charge is 0.371 e. The number of halogens is 3. The number of ether oxygens (including phenoxy) is 1. The first kappa shape index (κ1) is 15.4. The monoisotopic (exact) mass is 339 g/mol. The van der Waals surface area contributed by atoms with Crippen LogP contribution in [0.15, 0.2) is 18.2 Å². The van der Waals surface area contributed by atoms with Crippen LogP contribution in [0.1, 0.15) is 30.3 Å². The third-order valence-electron chi connectivity index (χ3n) is 4.46. The van der Waals surface area contributed by atoms with E-state index in [0.29, 0.717) is 30.0 Å². The Kier molecular flexibility index (Phi) is 3.52. The number of fused-ring (bicyclic) bond motifs is 3. The van der Waals surface area contributed by atoms with Crippen LogP contribution in [-0.2, 0) is 22.3 Å². The molecule has 5 nitrogen and oxygen atoms in total. The highest BCUT2D eigenvalue weighted by atomic mass is 19.4. The molecule has 1 aliphatic heterocycles. The molecule has 1 saturated carbocycles. The summed E-state index contributed by atoms with van der Waals surface area (Å²) in [6.45, 7) is 1.03. The lowest BCUT2D eigenvalue weighted by molar-refractivity contribution is -0.137. The van der Waals surface area contributed by atoms with Gasteiger partial charge in [0.2, 0.25) is 5.91 Å². The molecule has 1 fully saturated rings. The molecule has 2 aliphatic rings. The van der Waals surface area contributed by atoms with Crippen LogP contribution in [0.2, 0.25) is 0 Å². The minimum atomic E-state index is -4.40. The van der Waals surface area contributed by atoms with Crippen molar-refractivity contribution in [1.82, 2.24) is 14.9 Å². The maximum Gasteiger partial charge on any atom is 0.416 e. The minimum absolute atomic E-state index is 0.0332. The Balaban J connectivity index is 1.64. The average Bonchev–Trinajstić information content (AvgIpc) is 3.31. The zero-order valence-corrected chi connectivity index (χ0v) is 12.8. The average molecular weight is 339 g/mol. The van der Waals surface area contributed by atoms with Crippen molar-refractivity contribution in [3.8, 4) is 0 Å².